The Balaban J connectivity index is 1.50. The van der Waals surface area contributed by atoms with Crippen LogP contribution < -0.4 is 14.8 Å². The molecule has 5 rings (SSSR count). The molecule has 2 aliphatic rings. The summed E-state index contributed by atoms with van der Waals surface area (Å²) in [6.07, 6.45) is 6.25. The van der Waals surface area contributed by atoms with Crippen molar-refractivity contribution >= 4 is 57.1 Å². The van der Waals surface area contributed by atoms with Crippen molar-refractivity contribution in [3.05, 3.63) is 77.8 Å². The minimum atomic E-state index is -0.813. The van der Waals surface area contributed by atoms with Crippen LogP contribution in [-0.2, 0) is 4.79 Å². The van der Waals surface area contributed by atoms with Crippen molar-refractivity contribution in [2.45, 2.75) is 17.5 Å². The number of hydrogen-bond acceptors (Lipinski definition) is 6. The van der Waals surface area contributed by atoms with E-state index in [1.54, 1.807) is 11.1 Å². The molecule has 8 heteroatoms. The molecule has 2 aliphatic heterocycles. The van der Waals surface area contributed by atoms with Crippen LogP contribution in [0.5, 0.6) is 0 Å². The van der Waals surface area contributed by atoms with Gasteiger partial charge in [-0.3, -0.25) is 9.69 Å². The molecule has 2 unspecified atom stereocenters. The first-order chi connectivity index (χ1) is 15.5. The number of para-hydroxylation sites is 1. The number of thiazole rings is 1. The van der Waals surface area contributed by atoms with Crippen molar-refractivity contribution in [1.82, 2.24) is 4.98 Å². The number of alkyl halides is 1. The molecular weight excluding hydrogens is 442 g/mol. The summed E-state index contributed by atoms with van der Waals surface area (Å²) < 4.78 is 0. The van der Waals surface area contributed by atoms with Gasteiger partial charge in [0.15, 0.2) is 16.2 Å². The van der Waals surface area contributed by atoms with Gasteiger partial charge in [-0.2, -0.15) is 5.10 Å². The van der Waals surface area contributed by atoms with E-state index < -0.39 is 11.0 Å². The van der Waals surface area contributed by atoms with Crippen LogP contribution >= 0.6 is 22.9 Å². The molecule has 32 heavy (non-hydrogen) atoms. The highest BCUT2D eigenvalue weighted by Gasteiger charge is 2.67. The molecule has 0 bridgehead atoms. The fraction of sp³-hybridized carbons (Fsp3) is 0.208. The smallest absolute Gasteiger partial charge is 0.253 e. The number of carbonyl (C=O) groups excluding carboxylic acids is 1. The number of hydrazone groups is 1. The molecule has 6 nitrogen and oxygen atoms in total. The van der Waals surface area contributed by atoms with Gasteiger partial charge in [-0.15, -0.1) is 22.9 Å². The largest absolute Gasteiger partial charge is 0.378 e. The summed E-state index contributed by atoms with van der Waals surface area (Å²) in [5, 5.41) is 8.54. The van der Waals surface area contributed by atoms with Crippen LogP contribution in [0.25, 0.3) is 6.08 Å². The zero-order chi connectivity index (χ0) is 22.3. The Hall–Kier alpha value is -3.16. The van der Waals surface area contributed by atoms with Crippen LogP contribution in [0.15, 0.2) is 77.4 Å². The monoisotopic (exact) mass is 463 g/mol. The van der Waals surface area contributed by atoms with E-state index in [1.807, 2.05) is 67.0 Å². The summed E-state index contributed by atoms with van der Waals surface area (Å²) in [5.74, 6) is -0.151. The van der Waals surface area contributed by atoms with Crippen LogP contribution in [0.4, 0.5) is 16.5 Å². The highest BCUT2D eigenvalue weighted by Crippen LogP contribution is 2.50. The summed E-state index contributed by atoms with van der Waals surface area (Å²) >= 11 is 8.11. The van der Waals surface area contributed by atoms with Gasteiger partial charge in [-0.25, -0.2) is 9.99 Å². The minimum absolute atomic E-state index is 0.151. The second-order valence-electron chi connectivity index (χ2n) is 7.96. The number of anilines is 3. The number of β-lactam (4-membered cyclic amide) rings is 1. The van der Waals surface area contributed by atoms with Crippen molar-refractivity contribution in [3.63, 3.8) is 0 Å². The molecule has 3 heterocycles. The van der Waals surface area contributed by atoms with Crippen LogP contribution in [0.2, 0.25) is 0 Å². The zero-order valence-corrected chi connectivity index (χ0v) is 19.3. The van der Waals surface area contributed by atoms with Crippen molar-refractivity contribution < 1.29 is 4.79 Å². The predicted molar refractivity (Wildman–Crippen MR) is 133 cm³/mol. The zero-order valence-electron chi connectivity index (χ0n) is 17.7. The Labute approximate surface area is 196 Å². The molecule has 162 valence electrons. The van der Waals surface area contributed by atoms with E-state index in [0.29, 0.717) is 11.6 Å². The maximum Gasteiger partial charge on any atom is 0.253 e. The first-order valence-electron chi connectivity index (χ1n) is 10.3. The number of halogens is 1. The molecule has 1 fully saturated rings. The van der Waals surface area contributed by atoms with Crippen molar-refractivity contribution in [1.29, 1.82) is 0 Å². The lowest BCUT2D eigenvalue weighted by molar-refractivity contribution is -0.126. The van der Waals surface area contributed by atoms with Crippen LogP contribution in [0.1, 0.15) is 12.0 Å². The Kier molecular flexibility index (Phi) is 5.23. The molecule has 0 N–H and O–H groups in total. The van der Waals surface area contributed by atoms with Gasteiger partial charge in [-0.05, 0) is 35.9 Å². The van der Waals surface area contributed by atoms with Gasteiger partial charge in [0, 0.05) is 37.8 Å². The van der Waals surface area contributed by atoms with E-state index in [-0.39, 0.29) is 5.91 Å². The van der Waals surface area contributed by atoms with E-state index in [9.17, 15) is 4.79 Å². The molecule has 2 atom stereocenters. The van der Waals surface area contributed by atoms with E-state index >= 15 is 0 Å². The standard InChI is InChI=1S/C24H22ClN5OS/c1-28(2)19-12-9-17(10-13-19)8-11-18-16-24(30(27-18)20-6-4-3-5-7-20)21(25)22(31)29(24)23-26-14-15-32-23/h3-15,21H,16H2,1-2H3/b11-8+. The summed E-state index contributed by atoms with van der Waals surface area (Å²) in [6.45, 7) is 0. The minimum Gasteiger partial charge on any atom is -0.378 e. The number of allylic oxidation sites excluding steroid dienone is 1. The number of hydrogen-bond donors (Lipinski definition) is 0. The average molecular weight is 464 g/mol. The van der Waals surface area contributed by atoms with Gasteiger partial charge >= 0.3 is 0 Å². The van der Waals surface area contributed by atoms with Gasteiger partial charge in [0.1, 0.15) is 0 Å². The summed E-state index contributed by atoms with van der Waals surface area (Å²) in [6, 6.07) is 18.1. The van der Waals surface area contributed by atoms with E-state index in [1.165, 1.54) is 11.3 Å². The molecule has 1 spiro atoms. The van der Waals surface area contributed by atoms with Gasteiger partial charge in [0.25, 0.3) is 5.91 Å². The number of benzene rings is 2. The van der Waals surface area contributed by atoms with Gasteiger partial charge < -0.3 is 4.90 Å². The number of aromatic nitrogens is 1. The SMILES string of the molecule is CN(C)c1ccc(/C=C/C2=NN(c3ccccc3)C3(C2)C(Cl)C(=O)N3c2nccs2)cc1. The first-order valence-corrected chi connectivity index (χ1v) is 11.6. The molecule has 2 aromatic carbocycles. The topological polar surface area (TPSA) is 52.0 Å². The molecule has 1 aromatic heterocycles. The summed E-state index contributed by atoms with van der Waals surface area (Å²) in [7, 11) is 4.04. The fourth-order valence-corrected chi connectivity index (χ4v) is 5.20. The third-order valence-electron chi connectivity index (χ3n) is 5.76. The van der Waals surface area contributed by atoms with Crippen LogP contribution in [0.3, 0.4) is 0 Å². The third kappa shape index (κ3) is 3.29. The number of amides is 1. The summed E-state index contributed by atoms with van der Waals surface area (Å²) in [5.41, 5.74) is 3.14. The highest BCUT2D eigenvalue weighted by molar-refractivity contribution is 7.14. The van der Waals surface area contributed by atoms with E-state index in [4.69, 9.17) is 16.7 Å². The van der Waals surface area contributed by atoms with Gasteiger partial charge in [0.05, 0.1) is 11.4 Å². The molecular formula is C24H22ClN5OS. The Morgan fingerprint density at radius 3 is 2.53 bits per heavy atom. The first kappa shape index (κ1) is 20.7. The Morgan fingerprint density at radius 2 is 1.88 bits per heavy atom. The lowest BCUT2D eigenvalue weighted by atomic mass is 9.87. The van der Waals surface area contributed by atoms with Crippen molar-refractivity contribution in [3.8, 4) is 0 Å². The maximum absolute atomic E-state index is 12.8. The normalized spacial score (nSPS) is 22.5. The number of nitrogens with zero attached hydrogens (tertiary/aromatic N) is 5. The van der Waals surface area contributed by atoms with E-state index in [2.05, 4.69) is 34.1 Å². The lowest BCUT2D eigenvalue weighted by Gasteiger charge is -2.55. The molecule has 1 saturated heterocycles. The van der Waals surface area contributed by atoms with Gasteiger partial charge in [0.2, 0.25) is 0 Å². The fourth-order valence-electron chi connectivity index (χ4n) is 4.12. The van der Waals surface area contributed by atoms with Crippen LogP contribution in [-0.4, -0.2) is 41.7 Å². The highest BCUT2D eigenvalue weighted by atomic mass is 35.5. The number of carbonyl (C=O) groups is 1. The molecule has 0 aliphatic carbocycles. The summed E-state index contributed by atoms with van der Waals surface area (Å²) in [4.78, 5) is 21.0. The quantitative estimate of drug-likeness (QED) is 0.401. The molecule has 0 radical (unpaired) electrons. The molecule has 3 aromatic rings. The van der Waals surface area contributed by atoms with Crippen molar-refractivity contribution in [2.24, 2.45) is 5.10 Å². The predicted octanol–water partition coefficient (Wildman–Crippen LogP) is 4.84. The average Bonchev–Trinajstić information content (AvgIpc) is 3.48. The van der Waals surface area contributed by atoms with E-state index in [0.717, 1.165) is 22.6 Å². The van der Waals surface area contributed by atoms with Crippen LogP contribution in [0, 0.1) is 0 Å². The van der Waals surface area contributed by atoms with Gasteiger partial charge in [-0.1, -0.05) is 36.4 Å². The Morgan fingerprint density at radius 1 is 1.12 bits per heavy atom. The lowest BCUT2D eigenvalue weighted by Crippen LogP contribution is -2.78. The molecule has 0 saturated carbocycles. The Bertz CT molecular complexity index is 1180. The maximum atomic E-state index is 12.8. The third-order valence-corrected chi connectivity index (χ3v) is 7.05. The molecule has 1 amide bonds. The second-order valence-corrected chi connectivity index (χ2v) is 9.27. The second kappa shape index (κ2) is 8.07. The van der Waals surface area contributed by atoms with Crippen molar-refractivity contribution in [2.75, 3.05) is 28.9 Å². The number of rotatable bonds is 5.